The van der Waals surface area contributed by atoms with E-state index in [9.17, 15) is 4.79 Å². The summed E-state index contributed by atoms with van der Waals surface area (Å²) < 4.78 is 0. The summed E-state index contributed by atoms with van der Waals surface area (Å²) >= 11 is 0. The topological polar surface area (TPSA) is 30.0 Å². The first-order chi connectivity index (χ1) is 12.3. The second-order valence-electron chi connectivity index (χ2n) is 8.49. The molecule has 26 heavy (non-hydrogen) atoms. The first-order valence-electron chi connectivity index (χ1n) is 9.74. The first-order valence-corrected chi connectivity index (χ1v) is 9.74. The Kier molecular flexibility index (Phi) is 5.70. The summed E-state index contributed by atoms with van der Waals surface area (Å²) in [7, 11) is 8.44. The molecule has 1 aromatic carbocycles. The Morgan fingerprint density at radius 2 is 1.81 bits per heavy atom. The number of rotatable bonds is 3. The lowest BCUT2D eigenvalue weighted by Crippen LogP contribution is -2.65. The van der Waals surface area contributed by atoms with E-state index >= 15 is 0 Å². The molecule has 0 unspecified atom stereocenters. The van der Waals surface area contributed by atoms with Gasteiger partial charge in [-0.3, -0.25) is 14.6 Å². The van der Waals surface area contributed by atoms with Gasteiger partial charge in [0.2, 0.25) is 5.91 Å². The van der Waals surface area contributed by atoms with Gasteiger partial charge in [-0.25, -0.2) is 0 Å². The monoisotopic (exact) mass is 358 g/mol. The van der Waals surface area contributed by atoms with E-state index in [1.165, 1.54) is 5.56 Å². The maximum atomic E-state index is 13.5. The lowest BCUT2D eigenvalue weighted by Gasteiger charge is -2.53. The SMILES string of the molecule is Cc1cccc([C@@H](C(=O)N2CCN(C)C3(CCN(C)CC3)C2)N(C)C)c1. The smallest absolute Gasteiger partial charge is 0.244 e. The molecule has 0 N–H and O–H groups in total. The van der Waals surface area contributed by atoms with Crippen molar-refractivity contribution >= 4 is 5.91 Å². The molecule has 0 saturated carbocycles. The molecule has 5 nitrogen and oxygen atoms in total. The quantitative estimate of drug-likeness (QED) is 0.825. The van der Waals surface area contributed by atoms with Crippen LogP contribution in [0, 0.1) is 6.92 Å². The van der Waals surface area contributed by atoms with E-state index in [2.05, 4.69) is 64.9 Å². The zero-order valence-corrected chi connectivity index (χ0v) is 17.0. The summed E-state index contributed by atoms with van der Waals surface area (Å²) in [5.41, 5.74) is 2.44. The van der Waals surface area contributed by atoms with Gasteiger partial charge < -0.3 is 9.80 Å². The van der Waals surface area contributed by atoms with Crippen molar-refractivity contribution in [1.29, 1.82) is 0 Å². The molecule has 2 saturated heterocycles. The predicted octanol–water partition coefficient (Wildman–Crippen LogP) is 1.84. The summed E-state index contributed by atoms with van der Waals surface area (Å²) in [5, 5.41) is 0. The third-order valence-electron chi connectivity index (χ3n) is 6.34. The van der Waals surface area contributed by atoms with Gasteiger partial charge in [0, 0.05) is 25.2 Å². The molecular weight excluding hydrogens is 324 g/mol. The van der Waals surface area contributed by atoms with Gasteiger partial charge in [-0.1, -0.05) is 29.8 Å². The molecule has 2 fully saturated rings. The zero-order valence-electron chi connectivity index (χ0n) is 17.0. The second kappa shape index (κ2) is 7.67. The molecule has 3 rings (SSSR count). The molecule has 2 aliphatic heterocycles. The molecular formula is C21H34N4O. The van der Waals surface area contributed by atoms with Crippen molar-refractivity contribution in [2.75, 3.05) is 60.9 Å². The van der Waals surface area contributed by atoms with Gasteiger partial charge >= 0.3 is 0 Å². The van der Waals surface area contributed by atoms with Crippen LogP contribution in [0.15, 0.2) is 24.3 Å². The molecule has 0 aliphatic carbocycles. The lowest BCUT2D eigenvalue weighted by molar-refractivity contribution is -0.143. The summed E-state index contributed by atoms with van der Waals surface area (Å²) in [6.45, 7) is 6.95. The molecule has 2 aliphatic rings. The van der Waals surface area contributed by atoms with Crippen molar-refractivity contribution in [2.45, 2.75) is 31.3 Å². The summed E-state index contributed by atoms with van der Waals surface area (Å²) in [6.07, 6.45) is 2.28. The highest BCUT2D eigenvalue weighted by Gasteiger charge is 2.44. The number of carbonyl (C=O) groups excluding carboxylic acids is 1. The van der Waals surface area contributed by atoms with Gasteiger partial charge in [-0.15, -0.1) is 0 Å². The van der Waals surface area contributed by atoms with E-state index < -0.39 is 0 Å². The number of hydrogen-bond acceptors (Lipinski definition) is 4. The maximum absolute atomic E-state index is 13.5. The predicted molar refractivity (Wildman–Crippen MR) is 106 cm³/mol. The van der Waals surface area contributed by atoms with Crippen LogP contribution in [0.5, 0.6) is 0 Å². The number of likely N-dealkylation sites (tertiary alicyclic amines) is 1. The number of likely N-dealkylation sites (N-methyl/N-ethyl adjacent to an activating group) is 2. The number of carbonyl (C=O) groups is 1. The third-order valence-corrected chi connectivity index (χ3v) is 6.34. The minimum absolute atomic E-state index is 0.143. The van der Waals surface area contributed by atoms with Gasteiger partial charge in [0.15, 0.2) is 0 Å². The van der Waals surface area contributed by atoms with E-state index in [0.29, 0.717) is 0 Å². The fourth-order valence-electron chi connectivity index (χ4n) is 4.50. The fourth-order valence-corrected chi connectivity index (χ4v) is 4.50. The van der Waals surface area contributed by atoms with Crippen molar-refractivity contribution in [1.82, 2.24) is 19.6 Å². The first kappa shape index (κ1) is 19.3. The van der Waals surface area contributed by atoms with Crippen molar-refractivity contribution < 1.29 is 4.79 Å². The van der Waals surface area contributed by atoms with Crippen molar-refractivity contribution in [2.24, 2.45) is 0 Å². The number of amides is 1. The molecule has 0 radical (unpaired) electrons. The molecule has 1 amide bonds. The normalized spacial score (nSPS) is 22.8. The Morgan fingerprint density at radius 3 is 2.42 bits per heavy atom. The van der Waals surface area contributed by atoms with Gasteiger partial charge in [-0.2, -0.15) is 0 Å². The molecule has 144 valence electrons. The molecule has 0 bridgehead atoms. The highest BCUT2D eigenvalue weighted by Crippen LogP contribution is 2.33. The zero-order chi connectivity index (χ0) is 18.9. The Hall–Kier alpha value is -1.43. The molecule has 0 aromatic heterocycles. The van der Waals surface area contributed by atoms with Crippen LogP contribution in [0.25, 0.3) is 0 Å². The summed E-state index contributed by atoms with van der Waals surface area (Å²) in [5.74, 6) is 0.243. The van der Waals surface area contributed by atoms with E-state index in [1.807, 2.05) is 14.1 Å². The largest absolute Gasteiger partial charge is 0.338 e. The Morgan fingerprint density at radius 1 is 1.12 bits per heavy atom. The Labute approximate surface area is 158 Å². The molecule has 1 spiro atoms. The number of piperazine rings is 1. The van der Waals surface area contributed by atoms with Crippen LogP contribution in [-0.2, 0) is 4.79 Å². The number of hydrogen-bond donors (Lipinski definition) is 0. The highest BCUT2D eigenvalue weighted by molar-refractivity contribution is 5.83. The van der Waals surface area contributed by atoms with Crippen LogP contribution >= 0.6 is 0 Å². The van der Waals surface area contributed by atoms with Crippen molar-refractivity contribution in [3.63, 3.8) is 0 Å². The van der Waals surface area contributed by atoms with E-state index in [1.54, 1.807) is 0 Å². The van der Waals surface area contributed by atoms with Crippen LogP contribution in [0.4, 0.5) is 0 Å². The van der Waals surface area contributed by atoms with Crippen LogP contribution in [0.1, 0.15) is 30.0 Å². The minimum Gasteiger partial charge on any atom is -0.338 e. The van der Waals surface area contributed by atoms with Gasteiger partial charge in [0.1, 0.15) is 6.04 Å². The molecule has 1 atom stereocenters. The average molecular weight is 359 g/mol. The second-order valence-corrected chi connectivity index (χ2v) is 8.49. The Bertz CT molecular complexity index is 637. The fraction of sp³-hybridized carbons (Fsp3) is 0.667. The highest BCUT2D eigenvalue weighted by atomic mass is 16.2. The molecule has 2 heterocycles. The number of aryl methyl sites for hydroxylation is 1. The number of piperidine rings is 1. The lowest BCUT2D eigenvalue weighted by atomic mass is 9.83. The van der Waals surface area contributed by atoms with Crippen molar-refractivity contribution in [3.05, 3.63) is 35.4 Å². The Balaban J connectivity index is 1.81. The third kappa shape index (κ3) is 3.80. The molecule has 5 heteroatoms. The van der Waals surface area contributed by atoms with Crippen LogP contribution in [0.2, 0.25) is 0 Å². The van der Waals surface area contributed by atoms with E-state index in [4.69, 9.17) is 0 Å². The number of benzene rings is 1. The minimum atomic E-state index is -0.207. The van der Waals surface area contributed by atoms with Gasteiger partial charge in [0.05, 0.1) is 0 Å². The van der Waals surface area contributed by atoms with Crippen molar-refractivity contribution in [3.8, 4) is 0 Å². The van der Waals surface area contributed by atoms with E-state index in [0.717, 1.165) is 51.1 Å². The van der Waals surface area contributed by atoms with Crippen LogP contribution in [0.3, 0.4) is 0 Å². The van der Waals surface area contributed by atoms with Crippen LogP contribution in [-0.4, -0.2) is 92.0 Å². The maximum Gasteiger partial charge on any atom is 0.244 e. The molecule has 1 aromatic rings. The van der Waals surface area contributed by atoms with Crippen LogP contribution < -0.4 is 0 Å². The summed E-state index contributed by atoms with van der Waals surface area (Å²) in [4.78, 5) is 22.6. The van der Waals surface area contributed by atoms with Gasteiger partial charge in [0.25, 0.3) is 0 Å². The van der Waals surface area contributed by atoms with Gasteiger partial charge in [-0.05, 0) is 66.6 Å². The number of nitrogens with zero attached hydrogens (tertiary/aromatic N) is 4. The van der Waals surface area contributed by atoms with E-state index in [-0.39, 0.29) is 17.5 Å². The average Bonchev–Trinajstić information content (AvgIpc) is 2.60. The standard InChI is InChI=1S/C21H34N4O/c1-17-7-6-8-18(15-17)19(22(2)3)20(26)25-14-13-24(5)21(16-25)9-11-23(4)12-10-21/h6-8,15,19H,9-14,16H2,1-5H3/t19-/m0/s1. The summed E-state index contributed by atoms with van der Waals surface area (Å²) in [6, 6.07) is 8.16.